The van der Waals surface area contributed by atoms with E-state index in [2.05, 4.69) is 69.2 Å². The van der Waals surface area contributed by atoms with Crippen LogP contribution in [0, 0.1) is 5.92 Å². The first-order valence-corrected chi connectivity index (χ1v) is 10.8. The van der Waals surface area contributed by atoms with Crippen LogP contribution in [0.4, 0.5) is 5.69 Å². The van der Waals surface area contributed by atoms with E-state index in [4.69, 9.17) is 0 Å². The predicted molar refractivity (Wildman–Crippen MR) is 117 cm³/mol. The van der Waals surface area contributed by atoms with Gasteiger partial charge in [-0.2, -0.15) is 0 Å². The summed E-state index contributed by atoms with van der Waals surface area (Å²) >= 11 is 0. The van der Waals surface area contributed by atoms with Gasteiger partial charge in [-0.25, -0.2) is 4.98 Å². The Morgan fingerprint density at radius 1 is 1.18 bits per heavy atom. The number of nitrogens with one attached hydrogen (secondary N) is 1. The van der Waals surface area contributed by atoms with Gasteiger partial charge in [0.15, 0.2) is 0 Å². The Labute approximate surface area is 169 Å². The number of imidazole rings is 1. The molecule has 4 nitrogen and oxygen atoms in total. The van der Waals surface area contributed by atoms with E-state index < -0.39 is 0 Å². The molecule has 2 aliphatic rings. The zero-order valence-electron chi connectivity index (χ0n) is 16.9. The molecular formula is C24H32N4. The summed E-state index contributed by atoms with van der Waals surface area (Å²) in [6, 6.07) is 9.31. The molecule has 0 saturated heterocycles. The standard InChI is InChI=1S/C24H32N4/c1-20(17-21-9-3-2-4-10-21)26-18-22-11-5-6-12-23(22)28-15-8-7-13-24(28)27-16-14-25-19-27/h5-8,11-14,16,19-21,26H,2-4,9-10,15,17-18H2,1H3. The van der Waals surface area contributed by atoms with Crippen LogP contribution in [0.3, 0.4) is 0 Å². The Hall–Kier alpha value is -2.33. The third-order valence-electron chi connectivity index (χ3n) is 6.05. The SMILES string of the molecule is CC(CC1CCCCC1)NCc1ccccc1N1CC=CC=C1n1ccnc1. The molecule has 1 aliphatic carbocycles. The van der Waals surface area contributed by atoms with Crippen molar-refractivity contribution in [3.05, 3.63) is 66.8 Å². The molecule has 4 rings (SSSR count). The van der Waals surface area contributed by atoms with Gasteiger partial charge in [0, 0.05) is 37.2 Å². The molecule has 148 valence electrons. The van der Waals surface area contributed by atoms with Gasteiger partial charge in [0.05, 0.1) is 0 Å². The van der Waals surface area contributed by atoms with Gasteiger partial charge < -0.3 is 10.2 Å². The fourth-order valence-corrected chi connectivity index (χ4v) is 4.56. The monoisotopic (exact) mass is 376 g/mol. The molecule has 1 unspecified atom stereocenters. The first-order chi connectivity index (χ1) is 13.8. The van der Waals surface area contributed by atoms with Gasteiger partial charge in [-0.15, -0.1) is 0 Å². The number of aromatic nitrogens is 2. The molecule has 2 aromatic rings. The number of nitrogens with zero attached hydrogens (tertiary/aromatic N) is 3. The summed E-state index contributed by atoms with van der Waals surface area (Å²) in [6.07, 6.45) is 20.6. The number of hydrogen-bond donors (Lipinski definition) is 1. The summed E-state index contributed by atoms with van der Waals surface area (Å²) in [5.74, 6) is 2.05. The highest BCUT2D eigenvalue weighted by atomic mass is 15.3. The predicted octanol–water partition coefficient (Wildman–Crippen LogP) is 5.21. The number of para-hydroxylation sites is 1. The summed E-state index contributed by atoms with van der Waals surface area (Å²) in [4.78, 5) is 6.59. The second-order valence-electron chi connectivity index (χ2n) is 8.18. The number of anilines is 1. The van der Waals surface area contributed by atoms with Crippen molar-refractivity contribution < 1.29 is 0 Å². The highest BCUT2D eigenvalue weighted by Gasteiger charge is 2.19. The molecule has 1 fully saturated rings. The molecule has 1 aromatic heterocycles. The van der Waals surface area contributed by atoms with Crippen LogP contribution in [0.5, 0.6) is 0 Å². The minimum atomic E-state index is 0.557. The average molecular weight is 377 g/mol. The van der Waals surface area contributed by atoms with Gasteiger partial charge in [-0.3, -0.25) is 4.57 Å². The Kier molecular flexibility index (Phi) is 6.27. The Morgan fingerprint density at radius 2 is 2.04 bits per heavy atom. The number of benzene rings is 1. The molecule has 1 aromatic carbocycles. The highest BCUT2D eigenvalue weighted by molar-refractivity contribution is 5.73. The van der Waals surface area contributed by atoms with Gasteiger partial charge in [0.2, 0.25) is 0 Å². The minimum Gasteiger partial charge on any atom is -0.323 e. The summed E-state index contributed by atoms with van der Waals surface area (Å²) in [6.45, 7) is 4.12. The van der Waals surface area contributed by atoms with Crippen molar-refractivity contribution >= 4 is 11.5 Å². The van der Waals surface area contributed by atoms with Crippen LogP contribution in [0.25, 0.3) is 5.82 Å². The van der Waals surface area contributed by atoms with E-state index in [-0.39, 0.29) is 0 Å². The zero-order chi connectivity index (χ0) is 19.2. The molecule has 2 heterocycles. The fraction of sp³-hybridized carbons (Fsp3) is 0.458. The van der Waals surface area contributed by atoms with Crippen molar-refractivity contribution in [2.24, 2.45) is 5.92 Å². The quantitative estimate of drug-likeness (QED) is 0.720. The van der Waals surface area contributed by atoms with Crippen molar-refractivity contribution in [1.82, 2.24) is 14.9 Å². The molecular weight excluding hydrogens is 344 g/mol. The molecule has 0 radical (unpaired) electrons. The maximum absolute atomic E-state index is 4.22. The van der Waals surface area contributed by atoms with Crippen LogP contribution in [0.2, 0.25) is 0 Å². The third kappa shape index (κ3) is 4.56. The molecule has 0 spiro atoms. The summed E-state index contributed by atoms with van der Waals surface area (Å²) in [7, 11) is 0. The fourth-order valence-electron chi connectivity index (χ4n) is 4.56. The first kappa shape index (κ1) is 19.0. The molecule has 1 aliphatic heterocycles. The van der Waals surface area contributed by atoms with Crippen molar-refractivity contribution in [2.45, 2.75) is 58.0 Å². The lowest BCUT2D eigenvalue weighted by Gasteiger charge is -2.31. The topological polar surface area (TPSA) is 33.1 Å². The largest absolute Gasteiger partial charge is 0.323 e. The van der Waals surface area contributed by atoms with E-state index >= 15 is 0 Å². The molecule has 0 bridgehead atoms. The normalized spacial score (nSPS) is 18.9. The van der Waals surface area contributed by atoms with Crippen LogP contribution in [0.1, 0.15) is 51.0 Å². The maximum Gasteiger partial charge on any atom is 0.118 e. The Bertz CT molecular complexity index is 800. The lowest BCUT2D eigenvalue weighted by Crippen LogP contribution is -2.31. The molecule has 0 amide bonds. The lowest BCUT2D eigenvalue weighted by molar-refractivity contribution is 0.304. The van der Waals surface area contributed by atoms with E-state index in [1.807, 2.05) is 18.7 Å². The molecule has 1 atom stereocenters. The van der Waals surface area contributed by atoms with Crippen LogP contribution >= 0.6 is 0 Å². The van der Waals surface area contributed by atoms with E-state index in [1.165, 1.54) is 49.8 Å². The van der Waals surface area contributed by atoms with Crippen LogP contribution in [-0.4, -0.2) is 22.1 Å². The van der Waals surface area contributed by atoms with Gasteiger partial charge in [0.1, 0.15) is 12.1 Å². The van der Waals surface area contributed by atoms with Gasteiger partial charge in [0.25, 0.3) is 0 Å². The molecule has 1 saturated carbocycles. The van der Waals surface area contributed by atoms with Gasteiger partial charge in [-0.1, -0.05) is 62.5 Å². The Balaban J connectivity index is 1.45. The van der Waals surface area contributed by atoms with E-state index in [1.54, 1.807) is 0 Å². The summed E-state index contributed by atoms with van der Waals surface area (Å²) in [5, 5.41) is 3.79. The van der Waals surface area contributed by atoms with Crippen molar-refractivity contribution in [2.75, 3.05) is 11.4 Å². The smallest absolute Gasteiger partial charge is 0.118 e. The molecule has 1 N–H and O–H groups in total. The van der Waals surface area contributed by atoms with Crippen LogP contribution in [0.15, 0.2) is 61.2 Å². The second-order valence-corrected chi connectivity index (χ2v) is 8.18. The highest BCUT2D eigenvalue weighted by Crippen LogP contribution is 2.29. The maximum atomic E-state index is 4.22. The third-order valence-corrected chi connectivity index (χ3v) is 6.05. The van der Waals surface area contributed by atoms with Crippen LogP contribution in [-0.2, 0) is 6.54 Å². The lowest BCUT2D eigenvalue weighted by atomic mass is 9.85. The van der Waals surface area contributed by atoms with E-state index in [0.717, 1.165) is 24.8 Å². The van der Waals surface area contributed by atoms with Gasteiger partial charge in [-0.05, 0) is 37.0 Å². The zero-order valence-corrected chi connectivity index (χ0v) is 16.9. The number of allylic oxidation sites excluding steroid dienone is 2. The molecule has 28 heavy (non-hydrogen) atoms. The van der Waals surface area contributed by atoms with E-state index in [9.17, 15) is 0 Å². The Morgan fingerprint density at radius 3 is 2.86 bits per heavy atom. The van der Waals surface area contributed by atoms with Crippen molar-refractivity contribution in [1.29, 1.82) is 0 Å². The summed E-state index contributed by atoms with van der Waals surface area (Å²) in [5.41, 5.74) is 2.61. The molecule has 4 heteroatoms. The average Bonchev–Trinajstić information content (AvgIpc) is 3.28. The van der Waals surface area contributed by atoms with Crippen molar-refractivity contribution in [3.63, 3.8) is 0 Å². The van der Waals surface area contributed by atoms with Crippen LogP contribution < -0.4 is 10.2 Å². The minimum absolute atomic E-state index is 0.557. The second kappa shape index (κ2) is 9.24. The van der Waals surface area contributed by atoms with Crippen molar-refractivity contribution in [3.8, 4) is 0 Å². The number of rotatable bonds is 7. The van der Waals surface area contributed by atoms with Gasteiger partial charge >= 0.3 is 0 Å². The first-order valence-electron chi connectivity index (χ1n) is 10.8. The van der Waals surface area contributed by atoms with E-state index in [0.29, 0.717) is 6.04 Å². The summed E-state index contributed by atoms with van der Waals surface area (Å²) < 4.78 is 2.08. The number of hydrogen-bond acceptors (Lipinski definition) is 3.